The van der Waals surface area contributed by atoms with Gasteiger partial charge in [0.25, 0.3) is 0 Å². The molecule has 1 saturated heterocycles. The Morgan fingerprint density at radius 1 is 1.78 bits per heavy atom. The second kappa shape index (κ2) is 1.48. The molecule has 2 aliphatic heterocycles. The topological polar surface area (TPSA) is 24.6 Å². The largest absolute Gasteiger partial charge is 0.359 e. The molecule has 0 aromatic carbocycles. The lowest BCUT2D eigenvalue weighted by Crippen LogP contribution is -2.08. The van der Waals surface area contributed by atoms with Gasteiger partial charge in [-0.1, -0.05) is 0 Å². The SMILES string of the molecule is CO[C@H]1C2CN=C(C)N21. The Labute approximate surface area is 54.3 Å². The summed E-state index contributed by atoms with van der Waals surface area (Å²) in [5.74, 6) is 1.13. The second-order valence-electron chi connectivity index (χ2n) is 2.49. The van der Waals surface area contributed by atoms with Gasteiger partial charge in [-0.2, -0.15) is 0 Å². The fraction of sp³-hybridized carbons (Fsp3) is 0.833. The first-order valence-electron chi connectivity index (χ1n) is 3.17. The maximum absolute atomic E-state index is 5.14. The van der Waals surface area contributed by atoms with Crippen molar-refractivity contribution in [2.24, 2.45) is 4.99 Å². The molecule has 0 bridgehead atoms. The lowest BCUT2D eigenvalue weighted by atomic mass is 10.5. The van der Waals surface area contributed by atoms with Crippen LogP contribution < -0.4 is 0 Å². The highest BCUT2D eigenvalue weighted by molar-refractivity contribution is 5.85. The van der Waals surface area contributed by atoms with Crippen LogP contribution in [0.15, 0.2) is 4.99 Å². The van der Waals surface area contributed by atoms with E-state index in [0.29, 0.717) is 12.3 Å². The van der Waals surface area contributed by atoms with E-state index in [1.54, 1.807) is 7.11 Å². The maximum Gasteiger partial charge on any atom is 0.153 e. The third kappa shape index (κ3) is 0.525. The Bertz CT molecular complexity index is 166. The number of fused-ring (bicyclic) bond motifs is 1. The van der Waals surface area contributed by atoms with E-state index < -0.39 is 0 Å². The van der Waals surface area contributed by atoms with Gasteiger partial charge < -0.3 is 9.64 Å². The van der Waals surface area contributed by atoms with Crippen molar-refractivity contribution in [1.82, 2.24) is 4.90 Å². The van der Waals surface area contributed by atoms with Crippen molar-refractivity contribution in [3.05, 3.63) is 0 Å². The normalized spacial score (nSPS) is 38.4. The molecule has 2 aliphatic rings. The van der Waals surface area contributed by atoms with Crippen molar-refractivity contribution in [3.8, 4) is 0 Å². The van der Waals surface area contributed by atoms with Gasteiger partial charge in [0.05, 0.1) is 18.4 Å². The van der Waals surface area contributed by atoms with E-state index in [0.717, 1.165) is 12.4 Å². The molecule has 1 fully saturated rings. The molecular formula is C6H10N2O. The predicted molar refractivity (Wildman–Crippen MR) is 34.4 cm³/mol. The molecule has 0 aromatic heterocycles. The molecule has 0 N–H and O–H groups in total. The zero-order valence-corrected chi connectivity index (χ0v) is 5.66. The van der Waals surface area contributed by atoms with Crippen LogP contribution in [-0.2, 0) is 4.74 Å². The van der Waals surface area contributed by atoms with Crippen LogP contribution in [0.5, 0.6) is 0 Å². The molecule has 2 heterocycles. The predicted octanol–water partition coefficient (Wildman–Crippen LogP) is 0.0751. The minimum Gasteiger partial charge on any atom is -0.359 e. The van der Waals surface area contributed by atoms with E-state index in [1.807, 2.05) is 6.92 Å². The van der Waals surface area contributed by atoms with Gasteiger partial charge in [0.2, 0.25) is 0 Å². The first kappa shape index (κ1) is 5.23. The van der Waals surface area contributed by atoms with E-state index in [2.05, 4.69) is 9.89 Å². The summed E-state index contributed by atoms with van der Waals surface area (Å²) in [5, 5.41) is 0. The van der Waals surface area contributed by atoms with Crippen LogP contribution >= 0.6 is 0 Å². The molecule has 0 saturated carbocycles. The summed E-state index contributed by atoms with van der Waals surface area (Å²) < 4.78 is 5.14. The quantitative estimate of drug-likeness (QED) is 0.464. The van der Waals surface area contributed by atoms with Crippen LogP contribution in [-0.4, -0.2) is 36.7 Å². The maximum atomic E-state index is 5.14. The third-order valence-electron chi connectivity index (χ3n) is 1.99. The van der Waals surface area contributed by atoms with E-state index in [1.165, 1.54) is 0 Å². The van der Waals surface area contributed by atoms with Crippen LogP contribution in [0.2, 0.25) is 0 Å². The lowest BCUT2D eigenvalue weighted by molar-refractivity contribution is 0.151. The first-order chi connectivity index (χ1) is 4.34. The highest BCUT2D eigenvalue weighted by Crippen LogP contribution is 2.33. The minimum atomic E-state index is 0.350. The molecule has 2 rings (SSSR count). The van der Waals surface area contributed by atoms with Crippen LogP contribution in [0.25, 0.3) is 0 Å². The standard InChI is InChI=1S/C6H10N2O/c1-4-7-3-5-6(9-2)8(4)5/h5-6H,3H2,1-2H3/t5?,6-,8?/m0/s1. The number of methoxy groups -OCH3 is 1. The summed E-state index contributed by atoms with van der Waals surface area (Å²) in [6, 6.07) is 0.579. The molecule has 1 unspecified atom stereocenters. The molecule has 0 amide bonds. The average Bonchev–Trinajstić information content (AvgIpc) is 2.46. The number of nitrogens with zero attached hydrogens (tertiary/aromatic N) is 2. The van der Waals surface area contributed by atoms with Crippen molar-refractivity contribution in [2.75, 3.05) is 13.7 Å². The van der Waals surface area contributed by atoms with Crippen LogP contribution in [0.1, 0.15) is 6.92 Å². The van der Waals surface area contributed by atoms with Gasteiger partial charge in [0, 0.05) is 7.11 Å². The highest BCUT2D eigenvalue weighted by atomic mass is 16.5. The monoisotopic (exact) mass is 126 g/mol. The molecule has 3 heteroatoms. The number of ether oxygens (including phenoxy) is 1. The van der Waals surface area contributed by atoms with Crippen LogP contribution in [0.4, 0.5) is 0 Å². The Kier molecular flexibility index (Phi) is 0.858. The van der Waals surface area contributed by atoms with Gasteiger partial charge >= 0.3 is 0 Å². The Balaban J connectivity index is 2.07. The Morgan fingerprint density at radius 3 is 2.89 bits per heavy atom. The summed E-state index contributed by atoms with van der Waals surface area (Å²) in [4.78, 5) is 6.42. The van der Waals surface area contributed by atoms with Crippen molar-refractivity contribution >= 4 is 5.84 Å². The van der Waals surface area contributed by atoms with Crippen molar-refractivity contribution in [1.29, 1.82) is 0 Å². The van der Waals surface area contributed by atoms with Crippen LogP contribution in [0.3, 0.4) is 0 Å². The average molecular weight is 126 g/mol. The van der Waals surface area contributed by atoms with E-state index in [4.69, 9.17) is 4.74 Å². The molecule has 0 aromatic rings. The summed E-state index contributed by atoms with van der Waals surface area (Å²) >= 11 is 0. The molecule has 0 aliphatic carbocycles. The van der Waals surface area contributed by atoms with Crippen molar-refractivity contribution in [3.63, 3.8) is 0 Å². The fourth-order valence-electron chi connectivity index (χ4n) is 1.44. The van der Waals surface area contributed by atoms with Gasteiger partial charge in [-0.05, 0) is 6.92 Å². The zero-order valence-electron chi connectivity index (χ0n) is 5.66. The summed E-state index contributed by atoms with van der Waals surface area (Å²) in [5.41, 5.74) is 0. The second-order valence-corrected chi connectivity index (χ2v) is 2.49. The van der Waals surface area contributed by atoms with Gasteiger partial charge in [-0.15, -0.1) is 0 Å². The van der Waals surface area contributed by atoms with Gasteiger partial charge in [0.1, 0.15) is 0 Å². The third-order valence-corrected chi connectivity index (χ3v) is 1.99. The number of aliphatic imine (C=N–C) groups is 1. The smallest absolute Gasteiger partial charge is 0.153 e. The first-order valence-corrected chi connectivity index (χ1v) is 3.17. The van der Waals surface area contributed by atoms with Gasteiger partial charge in [-0.25, -0.2) is 0 Å². The molecule has 2 atom stereocenters. The molecule has 0 spiro atoms. The number of hydrogen-bond acceptors (Lipinski definition) is 3. The summed E-state index contributed by atoms with van der Waals surface area (Å²) in [6.45, 7) is 2.96. The molecule has 50 valence electrons. The summed E-state index contributed by atoms with van der Waals surface area (Å²) in [6.07, 6.45) is 0.350. The Hall–Kier alpha value is -0.570. The minimum absolute atomic E-state index is 0.350. The number of hydrogen-bond donors (Lipinski definition) is 0. The number of amidine groups is 1. The summed E-state index contributed by atoms with van der Waals surface area (Å²) in [7, 11) is 1.75. The molecule has 9 heavy (non-hydrogen) atoms. The molecule has 3 nitrogen and oxygen atoms in total. The molecular weight excluding hydrogens is 116 g/mol. The van der Waals surface area contributed by atoms with Crippen LogP contribution in [0, 0.1) is 0 Å². The van der Waals surface area contributed by atoms with Gasteiger partial charge in [-0.3, -0.25) is 4.99 Å². The van der Waals surface area contributed by atoms with E-state index in [-0.39, 0.29) is 0 Å². The highest BCUT2D eigenvalue weighted by Gasteiger charge is 2.51. The van der Waals surface area contributed by atoms with Gasteiger partial charge in [0.15, 0.2) is 6.23 Å². The lowest BCUT2D eigenvalue weighted by Gasteiger charge is -1.98. The zero-order chi connectivity index (χ0) is 6.43. The van der Waals surface area contributed by atoms with E-state index in [9.17, 15) is 0 Å². The molecule has 0 radical (unpaired) electrons. The Morgan fingerprint density at radius 2 is 2.56 bits per heavy atom. The van der Waals surface area contributed by atoms with Crippen molar-refractivity contribution < 1.29 is 4.74 Å². The van der Waals surface area contributed by atoms with E-state index >= 15 is 0 Å². The fourth-order valence-corrected chi connectivity index (χ4v) is 1.44. The van der Waals surface area contributed by atoms with Crippen molar-refractivity contribution in [2.45, 2.75) is 19.2 Å². The number of rotatable bonds is 1.